The monoisotopic (exact) mass is 544 g/mol. The van der Waals surface area contributed by atoms with Crippen LogP contribution in [-0.2, 0) is 33.6 Å². The van der Waals surface area contributed by atoms with Crippen molar-refractivity contribution in [2.24, 2.45) is 0 Å². The summed E-state index contributed by atoms with van der Waals surface area (Å²) in [5.41, 5.74) is 3.99. The van der Waals surface area contributed by atoms with Crippen LogP contribution < -0.4 is 16.0 Å². The second kappa shape index (κ2) is 13.6. The Morgan fingerprint density at radius 3 is 2.28 bits per heavy atom. The minimum atomic E-state index is -0.805. The van der Waals surface area contributed by atoms with Crippen molar-refractivity contribution in [1.29, 1.82) is 0 Å². The van der Waals surface area contributed by atoms with E-state index in [0.29, 0.717) is 30.8 Å². The Labute approximate surface area is 233 Å². The topological polar surface area (TPSA) is 103 Å². The molecule has 0 radical (unpaired) electrons. The van der Waals surface area contributed by atoms with Crippen LogP contribution in [-0.4, -0.2) is 41.3 Å². The first-order valence-electron chi connectivity index (χ1n) is 13.1. The van der Waals surface area contributed by atoms with Crippen molar-refractivity contribution in [1.82, 2.24) is 20.9 Å². The van der Waals surface area contributed by atoms with Crippen molar-refractivity contribution in [3.8, 4) is 0 Å². The largest absolute Gasteiger partial charge is 0.361 e. The summed E-state index contributed by atoms with van der Waals surface area (Å²) in [6, 6.07) is 23.4. The van der Waals surface area contributed by atoms with Crippen molar-refractivity contribution in [3.05, 3.63) is 107 Å². The molecule has 0 saturated heterocycles. The SMILES string of the molecule is C[C@H](NC(=O)CCc1ccc(Cl)cc1)C(=O)N[C@@H](Cc1c[nH]c2ccccc12)C(=O)NCCc1ccccc1. The maximum Gasteiger partial charge on any atom is 0.242 e. The summed E-state index contributed by atoms with van der Waals surface area (Å²) in [7, 11) is 0. The van der Waals surface area contributed by atoms with E-state index in [9.17, 15) is 14.4 Å². The van der Waals surface area contributed by atoms with E-state index in [1.807, 2.05) is 72.9 Å². The number of aryl methyl sites for hydroxylation is 1. The van der Waals surface area contributed by atoms with E-state index < -0.39 is 18.0 Å². The van der Waals surface area contributed by atoms with Gasteiger partial charge < -0.3 is 20.9 Å². The van der Waals surface area contributed by atoms with Crippen LogP contribution in [0.4, 0.5) is 0 Å². The Morgan fingerprint density at radius 1 is 0.821 bits per heavy atom. The molecule has 0 bridgehead atoms. The van der Waals surface area contributed by atoms with Crippen LogP contribution in [0, 0.1) is 0 Å². The molecular formula is C31H33ClN4O3. The molecular weight excluding hydrogens is 512 g/mol. The molecule has 3 amide bonds. The second-order valence-electron chi connectivity index (χ2n) is 9.57. The zero-order valence-corrected chi connectivity index (χ0v) is 22.6. The lowest BCUT2D eigenvalue weighted by Crippen LogP contribution is -2.53. The van der Waals surface area contributed by atoms with Gasteiger partial charge in [-0.3, -0.25) is 14.4 Å². The van der Waals surface area contributed by atoms with Crippen molar-refractivity contribution < 1.29 is 14.4 Å². The number of carbonyl (C=O) groups excluding carboxylic acids is 3. The molecule has 4 rings (SSSR count). The van der Waals surface area contributed by atoms with Gasteiger partial charge in [-0.15, -0.1) is 0 Å². The number of benzene rings is 3. The van der Waals surface area contributed by atoms with Crippen LogP contribution in [0.15, 0.2) is 85.1 Å². The van der Waals surface area contributed by atoms with Gasteiger partial charge in [-0.25, -0.2) is 0 Å². The molecule has 3 aromatic carbocycles. The van der Waals surface area contributed by atoms with Crippen molar-refractivity contribution in [2.45, 2.75) is 44.7 Å². The van der Waals surface area contributed by atoms with Crippen LogP contribution in [0.5, 0.6) is 0 Å². The average molecular weight is 545 g/mol. The molecule has 4 N–H and O–H groups in total. The molecule has 0 unspecified atom stereocenters. The average Bonchev–Trinajstić information content (AvgIpc) is 3.35. The van der Waals surface area contributed by atoms with E-state index >= 15 is 0 Å². The first kappa shape index (κ1) is 27.9. The van der Waals surface area contributed by atoms with Gasteiger partial charge in [0.2, 0.25) is 17.7 Å². The number of para-hydroxylation sites is 1. The smallest absolute Gasteiger partial charge is 0.242 e. The molecule has 39 heavy (non-hydrogen) atoms. The normalized spacial score (nSPS) is 12.5. The molecule has 202 valence electrons. The molecule has 0 fully saturated rings. The third-order valence-electron chi connectivity index (χ3n) is 6.61. The Hall–Kier alpha value is -4.10. The summed E-state index contributed by atoms with van der Waals surface area (Å²) in [6.07, 6.45) is 3.62. The van der Waals surface area contributed by atoms with Crippen LogP contribution in [0.1, 0.15) is 30.0 Å². The summed E-state index contributed by atoms with van der Waals surface area (Å²) in [6.45, 7) is 2.06. The van der Waals surface area contributed by atoms with E-state index in [2.05, 4.69) is 20.9 Å². The Kier molecular flexibility index (Phi) is 9.75. The van der Waals surface area contributed by atoms with Gasteiger partial charge in [-0.2, -0.15) is 0 Å². The fourth-order valence-corrected chi connectivity index (χ4v) is 4.54. The minimum Gasteiger partial charge on any atom is -0.361 e. The fraction of sp³-hybridized carbons (Fsp3) is 0.258. The van der Waals surface area contributed by atoms with E-state index in [4.69, 9.17) is 11.6 Å². The number of amides is 3. The highest BCUT2D eigenvalue weighted by atomic mass is 35.5. The molecule has 2 atom stereocenters. The summed E-state index contributed by atoms with van der Waals surface area (Å²) in [4.78, 5) is 42.0. The lowest BCUT2D eigenvalue weighted by atomic mass is 10.0. The van der Waals surface area contributed by atoms with Gasteiger partial charge >= 0.3 is 0 Å². The summed E-state index contributed by atoms with van der Waals surface area (Å²) in [5, 5.41) is 10.2. The number of rotatable bonds is 12. The van der Waals surface area contributed by atoms with E-state index in [1.54, 1.807) is 19.1 Å². The molecule has 0 aliphatic heterocycles. The number of nitrogens with one attached hydrogen (secondary N) is 4. The highest BCUT2D eigenvalue weighted by Gasteiger charge is 2.25. The third-order valence-corrected chi connectivity index (χ3v) is 6.86. The molecule has 4 aromatic rings. The number of aromatic nitrogens is 1. The Morgan fingerprint density at radius 2 is 1.51 bits per heavy atom. The number of hydrogen-bond acceptors (Lipinski definition) is 3. The predicted octanol–water partition coefficient (Wildman–Crippen LogP) is 4.35. The number of halogens is 1. The minimum absolute atomic E-state index is 0.234. The van der Waals surface area contributed by atoms with Crippen LogP contribution >= 0.6 is 11.6 Å². The van der Waals surface area contributed by atoms with Crippen LogP contribution in [0.2, 0.25) is 5.02 Å². The molecule has 1 heterocycles. The van der Waals surface area contributed by atoms with Crippen molar-refractivity contribution in [2.75, 3.05) is 6.54 Å². The molecule has 0 aliphatic carbocycles. The number of carbonyl (C=O) groups is 3. The molecule has 7 nitrogen and oxygen atoms in total. The van der Waals surface area contributed by atoms with Gasteiger partial charge in [0, 0.05) is 41.5 Å². The Bertz CT molecular complexity index is 1400. The third kappa shape index (κ3) is 8.19. The van der Waals surface area contributed by atoms with Gasteiger partial charge in [0.15, 0.2) is 0 Å². The predicted molar refractivity (Wildman–Crippen MR) is 154 cm³/mol. The molecule has 8 heteroatoms. The summed E-state index contributed by atoms with van der Waals surface area (Å²) < 4.78 is 0. The van der Waals surface area contributed by atoms with Crippen LogP contribution in [0.25, 0.3) is 10.9 Å². The van der Waals surface area contributed by atoms with Gasteiger partial charge in [0.05, 0.1) is 0 Å². The second-order valence-corrected chi connectivity index (χ2v) is 10.0. The zero-order valence-electron chi connectivity index (χ0n) is 21.9. The number of fused-ring (bicyclic) bond motifs is 1. The summed E-state index contributed by atoms with van der Waals surface area (Å²) >= 11 is 5.92. The molecule has 0 saturated carbocycles. The standard InChI is InChI=1S/C31H33ClN4O3/c1-21(35-29(37)16-13-23-11-14-25(32)15-12-23)30(38)36-28(19-24-20-34-27-10-6-5-9-26(24)27)31(39)33-18-17-22-7-3-2-4-8-22/h2-12,14-15,20-21,28,34H,13,16-19H2,1H3,(H,33,39)(H,35,37)(H,36,38)/t21-,28-/m0/s1. The van der Waals surface area contributed by atoms with E-state index in [1.165, 1.54) is 0 Å². The number of H-pyrrole nitrogens is 1. The van der Waals surface area contributed by atoms with E-state index in [0.717, 1.165) is 27.6 Å². The Balaban J connectivity index is 1.37. The quantitative estimate of drug-likeness (QED) is 0.213. The maximum absolute atomic E-state index is 13.2. The zero-order chi connectivity index (χ0) is 27.6. The molecule has 0 spiro atoms. The van der Waals surface area contributed by atoms with Gasteiger partial charge in [-0.1, -0.05) is 72.3 Å². The molecule has 0 aliphatic rings. The first-order chi connectivity index (χ1) is 18.9. The summed E-state index contributed by atoms with van der Waals surface area (Å²) in [5.74, 6) is -0.934. The highest BCUT2D eigenvalue weighted by molar-refractivity contribution is 6.30. The van der Waals surface area contributed by atoms with Gasteiger partial charge in [0.1, 0.15) is 12.1 Å². The van der Waals surface area contributed by atoms with Crippen molar-refractivity contribution >= 4 is 40.2 Å². The van der Waals surface area contributed by atoms with Crippen molar-refractivity contribution in [3.63, 3.8) is 0 Å². The van der Waals surface area contributed by atoms with E-state index in [-0.39, 0.29) is 18.2 Å². The van der Waals surface area contributed by atoms with Gasteiger partial charge in [-0.05, 0) is 54.7 Å². The lowest BCUT2D eigenvalue weighted by molar-refractivity contribution is -0.131. The maximum atomic E-state index is 13.2. The first-order valence-corrected chi connectivity index (χ1v) is 13.5. The highest BCUT2D eigenvalue weighted by Crippen LogP contribution is 2.19. The number of hydrogen-bond donors (Lipinski definition) is 4. The fourth-order valence-electron chi connectivity index (χ4n) is 4.41. The van der Waals surface area contributed by atoms with Crippen LogP contribution in [0.3, 0.4) is 0 Å². The lowest BCUT2D eigenvalue weighted by Gasteiger charge is -2.21. The molecule has 1 aromatic heterocycles. The number of aromatic amines is 1. The van der Waals surface area contributed by atoms with Gasteiger partial charge in [0.25, 0.3) is 0 Å².